The molecule has 2 aromatic rings. The van der Waals surface area contributed by atoms with Crippen molar-refractivity contribution < 1.29 is 23.5 Å². The van der Waals surface area contributed by atoms with Crippen molar-refractivity contribution in [3.05, 3.63) is 59.9 Å². The smallest absolute Gasteiger partial charge is 0.346 e. The lowest BCUT2D eigenvalue weighted by Crippen LogP contribution is -2.33. The molecule has 0 aromatic heterocycles. The van der Waals surface area contributed by atoms with Crippen LogP contribution in [0.4, 0.5) is 10.1 Å². The van der Waals surface area contributed by atoms with Crippen LogP contribution in [0.2, 0.25) is 0 Å². The molecule has 4 atom stereocenters. The SMILES string of the molecule is O=C(Oc1ccccc1N1C(=O)[C@@H]2[C@H]3CC[C@@H](C3)[C@@H]2C1=O)c1ccccc1F. The minimum Gasteiger partial charge on any atom is -0.421 e. The molecule has 0 N–H and O–H groups in total. The number of hydrogen-bond donors (Lipinski definition) is 0. The number of benzene rings is 2. The van der Waals surface area contributed by atoms with Gasteiger partial charge in [-0.2, -0.15) is 0 Å². The molecular weight excluding hydrogens is 361 g/mol. The number of fused-ring (bicyclic) bond motifs is 5. The first-order valence-corrected chi connectivity index (χ1v) is 9.50. The molecule has 0 unspecified atom stereocenters. The van der Waals surface area contributed by atoms with E-state index < -0.39 is 11.8 Å². The number of hydrogen-bond acceptors (Lipinski definition) is 4. The van der Waals surface area contributed by atoms with E-state index in [2.05, 4.69) is 0 Å². The van der Waals surface area contributed by atoms with Gasteiger partial charge in [-0.25, -0.2) is 14.1 Å². The quantitative estimate of drug-likeness (QED) is 0.465. The number of anilines is 1. The maximum absolute atomic E-state index is 13.9. The summed E-state index contributed by atoms with van der Waals surface area (Å²) in [6.07, 6.45) is 2.93. The van der Waals surface area contributed by atoms with Crippen molar-refractivity contribution in [1.82, 2.24) is 0 Å². The summed E-state index contributed by atoms with van der Waals surface area (Å²) in [5, 5.41) is 0. The van der Waals surface area contributed by atoms with Gasteiger partial charge in [-0.15, -0.1) is 0 Å². The molecule has 142 valence electrons. The maximum atomic E-state index is 13.9. The summed E-state index contributed by atoms with van der Waals surface area (Å²) < 4.78 is 19.3. The summed E-state index contributed by atoms with van der Waals surface area (Å²) in [5.74, 6) is -1.90. The van der Waals surface area contributed by atoms with Crippen LogP contribution in [0, 0.1) is 29.5 Å². The summed E-state index contributed by atoms with van der Waals surface area (Å²) in [6.45, 7) is 0. The zero-order valence-corrected chi connectivity index (χ0v) is 15.0. The first kappa shape index (κ1) is 17.1. The normalized spacial score (nSPS) is 28.0. The fourth-order valence-electron chi connectivity index (χ4n) is 5.16. The highest BCUT2D eigenvalue weighted by Crippen LogP contribution is 2.57. The van der Waals surface area contributed by atoms with E-state index in [1.54, 1.807) is 18.2 Å². The summed E-state index contributed by atoms with van der Waals surface area (Å²) >= 11 is 0. The van der Waals surface area contributed by atoms with E-state index in [0.29, 0.717) is 0 Å². The Morgan fingerprint density at radius 1 is 0.929 bits per heavy atom. The van der Waals surface area contributed by atoms with Gasteiger partial charge in [0.1, 0.15) is 5.82 Å². The molecule has 3 aliphatic rings. The number of carbonyl (C=O) groups excluding carboxylic acids is 3. The molecule has 1 heterocycles. The van der Waals surface area contributed by atoms with Gasteiger partial charge in [0.05, 0.1) is 23.1 Å². The predicted molar refractivity (Wildman–Crippen MR) is 98.1 cm³/mol. The minimum absolute atomic E-state index is 0.0739. The zero-order chi connectivity index (χ0) is 19.4. The fourth-order valence-corrected chi connectivity index (χ4v) is 5.16. The van der Waals surface area contributed by atoms with Crippen molar-refractivity contribution in [3.8, 4) is 5.75 Å². The molecule has 6 heteroatoms. The summed E-state index contributed by atoms with van der Waals surface area (Å²) in [5.41, 5.74) is 0.0438. The van der Waals surface area contributed by atoms with E-state index in [1.165, 1.54) is 35.2 Å². The third kappa shape index (κ3) is 2.40. The molecule has 2 saturated carbocycles. The number of rotatable bonds is 3. The molecule has 28 heavy (non-hydrogen) atoms. The number of para-hydroxylation sites is 2. The molecule has 0 spiro atoms. The number of carbonyl (C=O) groups is 3. The number of amides is 2. The lowest BCUT2D eigenvalue weighted by molar-refractivity contribution is -0.123. The minimum atomic E-state index is -0.870. The molecule has 5 nitrogen and oxygen atoms in total. The first-order chi connectivity index (χ1) is 13.6. The molecule has 2 aromatic carbocycles. The molecule has 1 aliphatic heterocycles. The Labute approximate surface area is 161 Å². The van der Waals surface area contributed by atoms with E-state index in [-0.39, 0.29) is 52.5 Å². The zero-order valence-electron chi connectivity index (χ0n) is 15.0. The highest BCUT2D eigenvalue weighted by Gasteiger charge is 2.61. The molecule has 5 rings (SSSR count). The Bertz CT molecular complexity index is 976. The van der Waals surface area contributed by atoms with Gasteiger partial charge in [0.25, 0.3) is 0 Å². The fraction of sp³-hybridized carbons (Fsp3) is 0.318. The largest absolute Gasteiger partial charge is 0.421 e. The van der Waals surface area contributed by atoms with Gasteiger partial charge in [-0.3, -0.25) is 9.59 Å². The van der Waals surface area contributed by atoms with Crippen LogP contribution in [-0.4, -0.2) is 17.8 Å². The summed E-state index contributed by atoms with van der Waals surface area (Å²) in [7, 11) is 0. The molecule has 2 bridgehead atoms. The molecule has 0 radical (unpaired) electrons. The van der Waals surface area contributed by atoms with Crippen LogP contribution < -0.4 is 9.64 Å². The maximum Gasteiger partial charge on any atom is 0.346 e. The Balaban J connectivity index is 1.48. The molecule has 1 saturated heterocycles. The number of esters is 1. The highest BCUT2D eigenvalue weighted by molar-refractivity contribution is 6.23. The van der Waals surface area contributed by atoms with Gasteiger partial charge in [0.2, 0.25) is 11.8 Å². The number of imide groups is 1. The van der Waals surface area contributed by atoms with Crippen LogP contribution in [0.5, 0.6) is 5.75 Å². The van der Waals surface area contributed by atoms with Crippen LogP contribution in [0.1, 0.15) is 29.6 Å². The van der Waals surface area contributed by atoms with Gasteiger partial charge in [0.15, 0.2) is 5.75 Å². The van der Waals surface area contributed by atoms with Crippen molar-refractivity contribution in [2.45, 2.75) is 19.3 Å². The Morgan fingerprint density at radius 3 is 2.21 bits per heavy atom. The van der Waals surface area contributed by atoms with Gasteiger partial charge >= 0.3 is 5.97 Å². The lowest BCUT2D eigenvalue weighted by atomic mass is 9.81. The van der Waals surface area contributed by atoms with Crippen LogP contribution in [-0.2, 0) is 9.59 Å². The van der Waals surface area contributed by atoms with E-state index in [4.69, 9.17) is 4.74 Å². The Morgan fingerprint density at radius 2 is 1.54 bits per heavy atom. The van der Waals surface area contributed by atoms with Crippen LogP contribution in [0.15, 0.2) is 48.5 Å². The second-order valence-corrected chi connectivity index (χ2v) is 7.73. The van der Waals surface area contributed by atoms with Gasteiger partial charge < -0.3 is 4.74 Å². The average molecular weight is 379 g/mol. The second-order valence-electron chi connectivity index (χ2n) is 7.73. The van der Waals surface area contributed by atoms with Crippen molar-refractivity contribution in [2.75, 3.05) is 4.90 Å². The number of halogens is 1. The van der Waals surface area contributed by atoms with Gasteiger partial charge in [-0.1, -0.05) is 24.3 Å². The highest BCUT2D eigenvalue weighted by atomic mass is 19.1. The molecule has 2 amide bonds. The van der Waals surface area contributed by atoms with E-state index in [1.807, 2.05) is 0 Å². The van der Waals surface area contributed by atoms with Crippen LogP contribution in [0.25, 0.3) is 0 Å². The predicted octanol–water partition coefficient (Wildman–Crippen LogP) is 3.58. The first-order valence-electron chi connectivity index (χ1n) is 9.50. The molecular formula is C22H18FNO4. The third-order valence-electron chi connectivity index (χ3n) is 6.33. The Hall–Kier alpha value is -3.02. The number of ether oxygens (including phenoxy) is 1. The van der Waals surface area contributed by atoms with E-state index in [0.717, 1.165) is 19.3 Å². The summed E-state index contributed by atoms with van der Waals surface area (Å²) in [6, 6.07) is 11.9. The van der Waals surface area contributed by atoms with Crippen LogP contribution >= 0.6 is 0 Å². The van der Waals surface area contributed by atoms with Gasteiger partial charge in [-0.05, 0) is 55.4 Å². The standard InChI is InChI=1S/C22H18FNO4/c23-15-6-2-1-5-14(15)22(27)28-17-8-4-3-7-16(17)24-20(25)18-12-9-10-13(11-12)19(18)21(24)26/h1-8,12-13,18-19H,9-11H2/t12-,13-,18-,19+/m0/s1. The number of nitrogens with zero attached hydrogens (tertiary/aromatic N) is 1. The monoisotopic (exact) mass is 379 g/mol. The van der Waals surface area contributed by atoms with Gasteiger partial charge in [0, 0.05) is 0 Å². The van der Waals surface area contributed by atoms with E-state index in [9.17, 15) is 18.8 Å². The third-order valence-corrected chi connectivity index (χ3v) is 6.33. The topological polar surface area (TPSA) is 63.7 Å². The van der Waals surface area contributed by atoms with E-state index >= 15 is 0 Å². The molecule has 3 fully saturated rings. The van der Waals surface area contributed by atoms with Crippen molar-refractivity contribution >= 4 is 23.5 Å². The average Bonchev–Trinajstić information content (AvgIpc) is 3.37. The summed E-state index contributed by atoms with van der Waals surface area (Å²) in [4.78, 5) is 39.7. The lowest BCUT2D eigenvalue weighted by Gasteiger charge is -2.20. The Kier molecular flexibility index (Phi) is 3.82. The molecule has 2 aliphatic carbocycles. The second kappa shape index (κ2) is 6.26. The van der Waals surface area contributed by atoms with Crippen molar-refractivity contribution in [3.63, 3.8) is 0 Å². The van der Waals surface area contributed by atoms with Crippen molar-refractivity contribution in [2.24, 2.45) is 23.7 Å². The van der Waals surface area contributed by atoms with Crippen molar-refractivity contribution in [1.29, 1.82) is 0 Å². The van der Waals surface area contributed by atoms with Crippen LogP contribution in [0.3, 0.4) is 0 Å².